The van der Waals surface area contributed by atoms with Crippen LogP contribution >= 0.6 is 0 Å². The molecule has 70 valence electrons. The summed E-state index contributed by atoms with van der Waals surface area (Å²) >= 11 is 0. The number of rotatable bonds is 2. The van der Waals surface area contributed by atoms with Crippen molar-refractivity contribution in [3.05, 3.63) is 29.3 Å². The second-order valence-electron chi connectivity index (χ2n) is 3.94. The summed E-state index contributed by atoms with van der Waals surface area (Å²) in [6.07, 6.45) is 2.07. The minimum Gasteiger partial charge on any atom is -0.508 e. The van der Waals surface area contributed by atoms with Gasteiger partial charge in [0.1, 0.15) is 5.75 Å². The molecule has 1 fully saturated rings. The summed E-state index contributed by atoms with van der Waals surface area (Å²) in [5.41, 5.74) is 1.92. The molecule has 1 aliphatic rings. The fraction of sp³-hybridized carbons (Fsp3) is 0.455. The molecule has 2 heteroatoms. The number of hydrogen-bond acceptors (Lipinski definition) is 2. The van der Waals surface area contributed by atoms with Crippen LogP contribution < -0.4 is 0 Å². The Morgan fingerprint density at radius 3 is 2.54 bits per heavy atom. The second-order valence-corrected chi connectivity index (χ2v) is 3.94. The van der Waals surface area contributed by atoms with Crippen LogP contribution in [0.4, 0.5) is 0 Å². The van der Waals surface area contributed by atoms with E-state index in [1.807, 2.05) is 19.1 Å². The van der Waals surface area contributed by atoms with Gasteiger partial charge in [0, 0.05) is 5.41 Å². The van der Waals surface area contributed by atoms with Crippen LogP contribution in [0.25, 0.3) is 0 Å². The Morgan fingerprint density at radius 1 is 1.38 bits per heavy atom. The molecule has 1 saturated carbocycles. The minimum absolute atomic E-state index is 0.0365. The average Bonchev–Trinajstić information content (AvgIpc) is 2.90. The molecule has 2 rings (SSSR count). The van der Waals surface area contributed by atoms with Crippen molar-refractivity contribution in [1.29, 1.82) is 0 Å². The standard InChI is InChI=1S/C11H14O2/c1-8-2-3-9(6-10(8)13)11(7-12)4-5-11/h2-3,6,12-13H,4-5,7H2,1H3. The lowest BCUT2D eigenvalue weighted by atomic mass is 9.96. The highest BCUT2D eigenvalue weighted by Crippen LogP contribution is 2.48. The molecule has 1 aliphatic carbocycles. The first-order chi connectivity index (χ1) is 6.18. The molecule has 1 aromatic carbocycles. The largest absolute Gasteiger partial charge is 0.508 e. The summed E-state index contributed by atoms with van der Waals surface area (Å²) in [6.45, 7) is 2.06. The van der Waals surface area contributed by atoms with Crippen molar-refractivity contribution in [2.45, 2.75) is 25.2 Å². The molecule has 0 spiro atoms. The summed E-state index contributed by atoms with van der Waals surface area (Å²) < 4.78 is 0. The van der Waals surface area contributed by atoms with E-state index >= 15 is 0 Å². The van der Waals surface area contributed by atoms with Gasteiger partial charge in [0.2, 0.25) is 0 Å². The summed E-state index contributed by atoms with van der Waals surface area (Å²) in [7, 11) is 0. The van der Waals surface area contributed by atoms with Crippen molar-refractivity contribution in [1.82, 2.24) is 0 Å². The number of phenolic OH excluding ortho intramolecular Hbond substituents is 1. The van der Waals surface area contributed by atoms with E-state index in [-0.39, 0.29) is 12.0 Å². The average molecular weight is 178 g/mol. The van der Waals surface area contributed by atoms with Crippen LogP contribution in [0.5, 0.6) is 5.75 Å². The molecule has 0 unspecified atom stereocenters. The van der Waals surface area contributed by atoms with Crippen molar-refractivity contribution >= 4 is 0 Å². The lowest BCUT2D eigenvalue weighted by Gasteiger charge is -2.12. The van der Waals surface area contributed by atoms with Gasteiger partial charge in [-0.05, 0) is 37.0 Å². The molecule has 0 bridgehead atoms. The Balaban J connectivity index is 2.37. The maximum Gasteiger partial charge on any atom is 0.118 e. The monoisotopic (exact) mass is 178 g/mol. The fourth-order valence-electron chi connectivity index (χ4n) is 1.63. The van der Waals surface area contributed by atoms with Gasteiger partial charge >= 0.3 is 0 Å². The topological polar surface area (TPSA) is 40.5 Å². The van der Waals surface area contributed by atoms with Gasteiger partial charge in [0.05, 0.1) is 6.61 Å². The van der Waals surface area contributed by atoms with Crippen LogP contribution in [0, 0.1) is 6.92 Å². The second kappa shape index (κ2) is 2.74. The SMILES string of the molecule is Cc1ccc(C2(CO)CC2)cc1O. The first-order valence-electron chi connectivity index (χ1n) is 4.59. The van der Waals surface area contributed by atoms with Crippen LogP contribution in [-0.2, 0) is 5.41 Å². The van der Waals surface area contributed by atoms with E-state index in [4.69, 9.17) is 0 Å². The van der Waals surface area contributed by atoms with Crippen molar-refractivity contribution in [3.8, 4) is 5.75 Å². The van der Waals surface area contributed by atoms with Crippen molar-refractivity contribution in [2.75, 3.05) is 6.61 Å². The third-order valence-corrected chi connectivity index (χ3v) is 2.98. The summed E-state index contributed by atoms with van der Waals surface area (Å²) in [4.78, 5) is 0. The van der Waals surface area contributed by atoms with E-state index in [1.54, 1.807) is 6.07 Å². The number of aromatic hydroxyl groups is 1. The highest BCUT2D eigenvalue weighted by molar-refractivity contribution is 5.41. The molecule has 0 radical (unpaired) electrons. The third kappa shape index (κ3) is 1.31. The van der Waals surface area contributed by atoms with Crippen molar-refractivity contribution in [2.24, 2.45) is 0 Å². The number of phenols is 1. The van der Waals surface area contributed by atoms with E-state index in [1.165, 1.54) is 0 Å². The molecular weight excluding hydrogens is 164 g/mol. The molecular formula is C11H14O2. The lowest BCUT2D eigenvalue weighted by Crippen LogP contribution is -2.11. The zero-order chi connectivity index (χ0) is 9.47. The molecule has 2 N–H and O–H groups in total. The zero-order valence-electron chi connectivity index (χ0n) is 7.75. The molecule has 0 aromatic heterocycles. The molecule has 1 aromatic rings. The van der Waals surface area contributed by atoms with Crippen molar-refractivity contribution < 1.29 is 10.2 Å². The fourth-order valence-corrected chi connectivity index (χ4v) is 1.63. The van der Waals surface area contributed by atoms with Gasteiger partial charge in [0.25, 0.3) is 0 Å². The van der Waals surface area contributed by atoms with E-state index in [0.717, 1.165) is 24.0 Å². The van der Waals surface area contributed by atoms with Gasteiger partial charge in [-0.2, -0.15) is 0 Å². The Morgan fingerprint density at radius 2 is 2.08 bits per heavy atom. The third-order valence-electron chi connectivity index (χ3n) is 2.98. The molecule has 0 atom stereocenters. The van der Waals surface area contributed by atoms with Gasteiger partial charge < -0.3 is 10.2 Å². The zero-order valence-corrected chi connectivity index (χ0v) is 7.75. The molecule has 0 saturated heterocycles. The van der Waals surface area contributed by atoms with Gasteiger partial charge in [-0.25, -0.2) is 0 Å². The number of aliphatic hydroxyl groups excluding tert-OH is 1. The lowest BCUT2D eigenvalue weighted by molar-refractivity contribution is 0.255. The van der Waals surface area contributed by atoms with Crippen LogP contribution in [0.3, 0.4) is 0 Å². The first kappa shape index (κ1) is 8.57. The molecule has 13 heavy (non-hydrogen) atoms. The van der Waals surface area contributed by atoms with Crippen molar-refractivity contribution in [3.63, 3.8) is 0 Å². The molecule has 0 aliphatic heterocycles. The van der Waals surface area contributed by atoms with Crippen LogP contribution in [0.1, 0.15) is 24.0 Å². The highest BCUT2D eigenvalue weighted by atomic mass is 16.3. The van der Waals surface area contributed by atoms with Crippen LogP contribution in [0.2, 0.25) is 0 Å². The van der Waals surface area contributed by atoms with Crippen LogP contribution in [0.15, 0.2) is 18.2 Å². The molecule has 0 heterocycles. The summed E-state index contributed by atoms with van der Waals surface area (Å²) in [5.74, 6) is 0.331. The normalized spacial score (nSPS) is 18.6. The Kier molecular flexibility index (Phi) is 1.81. The van der Waals surface area contributed by atoms with E-state index in [0.29, 0.717) is 5.75 Å². The Bertz CT molecular complexity index is 327. The maximum absolute atomic E-state index is 9.51. The van der Waals surface area contributed by atoms with Gasteiger partial charge in [-0.1, -0.05) is 12.1 Å². The smallest absolute Gasteiger partial charge is 0.118 e. The van der Waals surface area contributed by atoms with E-state index in [9.17, 15) is 10.2 Å². The van der Waals surface area contributed by atoms with Crippen LogP contribution in [-0.4, -0.2) is 16.8 Å². The summed E-state index contributed by atoms with van der Waals surface area (Å²) in [6, 6.07) is 5.68. The predicted octanol–water partition coefficient (Wildman–Crippen LogP) is 1.72. The van der Waals surface area contributed by atoms with E-state index < -0.39 is 0 Å². The summed E-state index contributed by atoms with van der Waals surface area (Å²) in [5, 5.41) is 18.7. The van der Waals surface area contributed by atoms with Gasteiger partial charge in [-0.15, -0.1) is 0 Å². The quantitative estimate of drug-likeness (QED) is 0.724. The number of hydrogen-bond donors (Lipinski definition) is 2. The molecule has 0 amide bonds. The maximum atomic E-state index is 9.51. The van der Waals surface area contributed by atoms with Gasteiger partial charge in [-0.3, -0.25) is 0 Å². The number of aryl methyl sites for hydroxylation is 1. The first-order valence-corrected chi connectivity index (χ1v) is 4.59. The molecule has 2 nitrogen and oxygen atoms in total. The Hall–Kier alpha value is -1.02. The Labute approximate surface area is 77.8 Å². The number of aliphatic hydroxyl groups is 1. The van der Waals surface area contributed by atoms with E-state index in [2.05, 4.69) is 0 Å². The van der Waals surface area contributed by atoms with Gasteiger partial charge in [0.15, 0.2) is 0 Å². The predicted molar refractivity (Wildman–Crippen MR) is 50.8 cm³/mol. The highest BCUT2D eigenvalue weighted by Gasteiger charge is 2.43. The minimum atomic E-state index is -0.0365. The number of benzene rings is 1.